The molecule has 1 unspecified atom stereocenters. The largest absolute Gasteiger partial charge is 0.480 e. The highest BCUT2D eigenvalue weighted by atomic mass is 16.4. The van der Waals surface area contributed by atoms with E-state index in [0.29, 0.717) is 25.9 Å². The van der Waals surface area contributed by atoms with Crippen LogP contribution in [0.4, 0.5) is 0 Å². The van der Waals surface area contributed by atoms with Gasteiger partial charge in [0.25, 0.3) is 0 Å². The number of aliphatic carboxylic acids is 1. The van der Waals surface area contributed by atoms with E-state index >= 15 is 0 Å². The molecule has 4 N–H and O–H groups in total. The Morgan fingerprint density at radius 3 is 2.59 bits per heavy atom. The number of unbranched alkanes of at least 4 members (excludes halogenated alkanes) is 1. The first-order valence-electron chi connectivity index (χ1n) is 5.80. The van der Waals surface area contributed by atoms with Crippen molar-refractivity contribution in [2.75, 3.05) is 26.7 Å². The summed E-state index contributed by atoms with van der Waals surface area (Å²) in [5, 5.41) is 11.8. The molecule has 6 heteroatoms. The van der Waals surface area contributed by atoms with E-state index in [4.69, 9.17) is 10.8 Å². The highest BCUT2D eigenvalue weighted by Gasteiger charge is 2.26. The summed E-state index contributed by atoms with van der Waals surface area (Å²) < 4.78 is 0. The van der Waals surface area contributed by atoms with Crippen LogP contribution < -0.4 is 11.1 Å². The number of nitrogens with one attached hydrogen (secondary N) is 1. The van der Waals surface area contributed by atoms with Gasteiger partial charge >= 0.3 is 5.97 Å². The Morgan fingerprint density at radius 2 is 2.12 bits per heavy atom. The Hall–Kier alpha value is -1.14. The molecule has 17 heavy (non-hydrogen) atoms. The number of nitrogens with two attached hydrogens (primary N) is 1. The first kappa shape index (κ1) is 15.9. The van der Waals surface area contributed by atoms with E-state index in [0.717, 1.165) is 19.4 Å². The van der Waals surface area contributed by atoms with Crippen LogP contribution in [0, 0.1) is 0 Å². The number of hydrogen-bond acceptors (Lipinski definition) is 4. The minimum Gasteiger partial charge on any atom is -0.480 e. The zero-order chi connectivity index (χ0) is 13.3. The van der Waals surface area contributed by atoms with Gasteiger partial charge in [0.15, 0.2) is 0 Å². The van der Waals surface area contributed by atoms with E-state index in [1.165, 1.54) is 6.92 Å². The molecule has 0 rings (SSSR count). The second-order valence-corrected chi connectivity index (χ2v) is 4.42. The molecule has 0 aromatic carbocycles. The highest BCUT2D eigenvalue weighted by molar-refractivity contribution is 5.77. The highest BCUT2D eigenvalue weighted by Crippen LogP contribution is 2.10. The molecular formula is C11H23N3O3. The molecular weight excluding hydrogens is 222 g/mol. The summed E-state index contributed by atoms with van der Waals surface area (Å²) in [6, 6.07) is 0. The van der Waals surface area contributed by atoms with Crippen LogP contribution in [0.2, 0.25) is 0 Å². The Labute approximate surface area is 102 Å². The third kappa shape index (κ3) is 6.91. The van der Waals surface area contributed by atoms with E-state index in [-0.39, 0.29) is 0 Å². The van der Waals surface area contributed by atoms with Crippen molar-refractivity contribution in [2.24, 2.45) is 5.73 Å². The lowest BCUT2D eigenvalue weighted by Gasteiger charge is -2.20. The molecule has 0 aliphatic heterocycles. The van der Waals surface area contributed by atoms with Crippen LogP contribution in [0.3, 0.4) is 0 Å². The number of carboxylic acid groups (broad SMARTS) is 1. The molecule has 0 heterocycles. The lowest BCUT2D eigenvalue weighted by Crippen LogP contribution is -2.44. The molecule has 0 aliphatic rings. The monoisotopic (exact) mass is 245 g/mol. The fourth-order valence-corrected chi connectivity index (χ4v) is 1.39. The summed E-state index contributed by atoms with van der Waals surface area (Å²) >= 11 is 0. The first-order valence-corrected chi connectivity index (χ1v) is 5.80. The van der Waals surface area contributed by atoms with Crippen molar-refractivity contribution in [3.63, 3.8) is 0 Å². The molecule has 0 aliphatic carbocycles. The summed E-state index contributed by atoms with van der Waals surface area (Å²) in [6.07, 6.45) is 2.70. The van der Waals surface area contributed by atoms with Gasteiger partial charge in [0.2, 0.25) is 6.41 Å². The molecule has 0 radical (unpaired) electrons. The molecule has 0 fully saturated rings. The van der Waals surface area contributed by atoms with E-state index < -0.39 is 11.5 Å². The topological polar surface area (TPSA) is 95.7 Å². The summed E-state index contributed by atoms with van der Waals surface area (Å²) in [4.78, 5) is 23.1. The van der Waals surface area contributed by atoms with Crippen LogP contribution in [0.5, 0.6) is 0 Å². The Kier molecular flexibility index (Phi) is 7.49. The van der Waals surface area contributed by atoms with Gasteiger partial charge < -0.3 is 21.1 Å². The van der Waals surface area contributed by atoms with Crippen molar-refractivity contribution < 1.29 is 14.7 Å². The van der Waals surface area contributed by atoms with Gasteiger partial charge in [-0.05, 0) is 33.2 Å². The van der Waals surface area contributed by atoms with Crippen LogP contribution in [0.25, 0.3) is 0 Å². The minimum absolute atomic E-state index is 0.418. The molecule has 0 spiro atoms. The lowest BCUT2D eigenvalue weighted by atomic mass is 9.96. The van der Waals surface area contributed by atoms with Crippen LogP contribution in [-0.4, -0.2) is 54.6 Å². The number of likely N-dealkylation sites (N-methyl/N-ethyl adjacent to an activating group) is 1. The van der Waals surface area contributed by atoms with Crippen molar-refractivity contribution in [1.29, 1.82) is 0 Å². The van der Waals surface area contributed by atoms with Gasteiger partial charge in [-0.25, -0.2) is 0 Å². The van der Waals surface area contributed by atoms with E-state index in [2.05, 4.69) is 5.32 Å². The number of rotatable bonds is 10. The number of nitrogens with zero attached hydrogens (tertiary/aromatic N) is 1. The molecule has 100 valence electrons. The zero-order valence-corrected chi connectivity index (χ0v) is 10.6. The normalized spacial score (nSPS) is 14.1. The third-order valence-corrected chi connectivity index (χ3v) is 2.68. The Balaban J connectivity index is 3.75. The quantitative estimate of drug-likeness (QED) is 0.361. The average molecular weight is 245 g/mol. The average Bonchev–Trinajstić information content (AvgIpc) is 2.28. The van der Waals surface area contributed by atoms with Crippen molar-refractivity contribution in [3.05, 3.63) is 0 Å². The standard InChI is InChI=1S/C11H23N3O3/c1-11(12,10(16)17)5-3-4-7-14(9-15)8-6-13-2/h9,13H,3-8,12H2,1-2H3,(H,16,17). The number of carbonyl (C=O) groups is 2. The minimum atomic E-state index is -1.17. The lowest BCUT2D eigenvalue weighted by molar-refractivity contribution is -0.143. The third-order valence-electron chi connectivity index (χ3n) is 2.68. The van der Waals surface area contributed by atoms with Gasteiger partial charge in [-0.1, -0.05) is 0 Å². The SMILES string of the molecule is CNCCN(C=O)CCCCC(C)(N)C(=O)O. The number of hydrogen-bond donors (Lipinski definition) is 3. The maximum Gasteiger partial charge on any atom is 0.323 e. The molecule has 1 atom stereocenters. The Morgan fingerprint density at radius 1 is 1.47 bits per heavy atom. The van der Waals surface area contributed by atoms with Gasteiger partial charge in [-0.2, -0.15) is 0 Å². The predicted molar refractivity (Wildman–Crippen MR) is 65.6 cm³/mol. The summed E-state index contributed by atoms with van der Waals surface area (Å²) in [5.74, 6) is -0.986. The molecule has 0 saturated heterocycles. The fraction of sp³-hybridized carbons (Fsp3) is 0.818. The molecule has 0 bridgehead atoms. The summed E-state index contributed by atoms with van der Waals surface area (Å²) in [5.41, 5.74) is 4.43. The smallest absolute Gasteiger partial charge is 0.323 e. The molecule has 1 amide bonds. The van der Waals surface area contributed by atoms with Crippen LogP contribution >= 0.6 is 0 Å². The van der Waals surface area contributed by atoms with Gasteiger partial charge in [0.1, 0.15) is 5.54 Å². The van der Waals surface area contributed by atoms with Crippen LogP contribution in [0.1, 0.15) is 26.2 Å². The van der Waals surface area contributed by atoms with Crippen molar-refractivity contribution in [3.8, 4) is 0 Å². The van der Waals surface area contributed by atoms with Crippen LogP contribution in [-0.2, 0) is 9.59 Å². The maximum absolute atomic E-state index is 10.7. The molecule has 0 saturated carbocycles. The maximum atomic E-state index is 10.7. The van der Waals surface area contributed by atoms with Gasteiger partial charge in [0.05, 0.1) is 0 Å². The molecule has 6 nitrogen and oxygen atoms in total. The number of carboxylic acids is 1. The van der Waals surface area contributed by atoms with Gasteiger partial charge in [-0.15, -0.1) is 0 Å². The van der Waals surface area contributed by atoms with Crippen molar-refractivity contribution >= 4 is 12.4 Å². The van der Waals surface area contributed by atoms with Crippen LogP contribution in [0.15, 0.2) is 0 Å². The Bertz CT molecular complexity index is 244. The number of carbonyl (C=O) groups excluding carboxylic acids is 1. The van der Waals surface area contributed by atoms with Gasteiger partial charge in [-0.3, -0.25) is 9.59 Å². The second kappa shape index (κ2) is 8.03. The zero-order valence-electron chi connectivity index (χ0n) is 10.6. The predicted octanol–water partition coefficient (Wildman–Crippen LogP) is -0.363. The van der Waals surface area contributed by atoms with Crippen molar-refractivity contribution in [1.82, 2.24) is 10.2 Å². The van der Waals surface area contributed by atoms with Crippen molar-refractivity contribution in [2.45, 2.75) is 31.7 Å². The summed E-state index contributed by atoms with van der Waals surface area (Å²) in [7, 11) is 1.83. The van der Waals surface area contributed by atoms with E-state index in [9.17, 15) is 9.59 Å². The fourth-order valence-electron chi connectivity index (χ4n) is 1.39. The van der Waals surface area contributed by atoms with E-state index in [1.54, 1.807) is 4.90 Å². The van der Waals surface area contributed by atoms with Gasteiger partial charge in [0, 0.05) is 19.6 Å². The van der Waals surface area contributed by atoms with E-state index in [1.807, 2.05) is 7.05 Å². The first-order chi connectivity index (χ1) is 7.94. The second-order valence-electron chi connectivity index (χ2n) is 4.42. The molecule has 0 aromatic rings. The summed E-state index contributed by atoms with van der Waals surface area (Å²) in [6.45, 7) is 3.57. The number of amides is 1. The molecule has 0 aromatic heterocycles.